The highest BCUT2D eigenvalue weighted by Crippen LogP contribution is 2.32. The van der Waals surface area contributed by atoms with Gasteiger partial charge in [-0.1, -0.05) is 30.3 Å². The van der Waals surface area contributed by atoms with Crippen molar-refractivity contribution >= 4 is 0 Å². The molecule has 2 heteroatoms. The van der Waals surface area contributed by atoms with Crippen LogP contribution in [0, 0.1) is 0 Å². The third-order valence-corrected chi connectivity index (χ3v) is 2.90. The average molecular weight is 205 g/mol. The van der Waals surface area contributed by atoms with Crippen LogP contribution in [0.5, 0.6) is 0 Å². The van der Waals surface area contributed by atoms with Crippen molar-refractivity contribution in [1.82, 2.24) is 5.32 Å². The third kappa shape index (κ3) is 2.21. The first-order chi connectivity index (χ1) is 7.02. The van der Waals surface area contributed by atoms with Crippen molar-refractivity contribution in [3.05, 3.63) is 35.9 Å². The van der Waals surface area contributed by atoms with E-state index in [2.05, 4.69) is 50.4 Å². The zero-order valence-corrected chi connectivity index (χ0v) is 9.71. The van der Waals surface area contributed by atoms with E-state index in [1.54, 1.807) is 0 Å². The molecule has 2 nitrogen and oxygen atoms in total. The summed E-state index contributed by atoms with van der Waals surface area (Å²) in [5.74, 6) is 0. The molecule has 82 valence electrons. The summed E-state index contributed by atoms with van der Waals surface area (Å²) in [7, 11) is 0. The fourth-order valence-corrected chi connectivity index (χ4v) is 2.24. The van der Waals surface area contributed by atoms with E-state index in [1.165, 1.54) is 5.56 Å². The number of ether oxygens (including phenoxy) is 1. The second kappa shape index (κ2) is 3.62. The monoisotopic (exact) mass is 205 g/mol. The minimum Gasteiger partial charge on any atom is -0.362 e. The van der Waals surface area contributed by atoms with Crippen molar-refractivity contribution in [2.45, 2.75) is 32.0 Å². The first-order valence-corrected chi connectivity index (χ1v) is 5.48. The molecular weight excluding hydrogens is 186 g/mol. The quantitative estimate of drug-likeness (QED) is 0.759. The Balaban J connectivity index is 2.27. The van der Waals surface area contributed by atoms with E-state index in [4.69, 9.17) is 4.74 Å². The topological polar surface area (TPSA) is 21.3 Å². The number of hydrogen-bond donors (Lipinski definition) is 1. The normalized spacial score (nSPS) is 30.1. The van der Waals surface area contributed by atoms with Gasteiger partial charge in [0.15, 0.2) is 0 Å². The van der Waals surface area contributed by atoms with Gasteiger partial charge in [-0.2, -0.15) is 0 Å². The number of rotatable bonds is 1. The van der Waals surface area contributed by atoms with Gasteiger partial charge in [-0.05, 0) is 26.3 Å². The van der Waals surface area contributed by atoms with Crippen LogP contribution in [0.15, 0.2) is 30.3 Å². The smallest absolute Gasteiger partial charge is 0.103 e. The lowest BCUT2D eigenvalue weighted by molar-refractivity contribution is -0.157. The molecule has 0 aromatic heterocycles. The van der Waals surface area contributed by atoms with Crippen molar-refractivity contribution in [3.8, 4) is 0 Å². The molecule has 2 rings (SSSR count). The van der Waals surface area contributed by atoms with Crippen LogP contribution >= 0.6 is 0 Å². The van der Waals surface area contributed by atoms with Gasteiger partial charge in [0.1, 0.15) is 5.60 Å². The molecule has 1 aromatic rings. The van der Waals surface area contributed by atoms with E-state index < -0.39 is 0 Å². The molecule has 1 N–H and O–H groups in total. The van der Waals surface area contributed by atoms with Gasteiger partial charge in [-0.15, -0.1) is 0 Å². The molecule has 0 bridgehead atoms. The second-order valence-electron chi connectivity index (χ2n) is 5.06. The molecule has 1 aliphatic heterocycles. The Labute approximate surface area is 91.6 Å². The largest absolute Gasteiger partial charge is 0.362 e. The molecule has 15 heavy (non-hydrogen) atoms. The van der Waals surface area contributed by atoms with E-state index in [1.807, 2.05) is 6.07 Å². The van der Waals surface area contributed by atoms with E-state index in [-0.39, 0.29) is 11.2 Å². The van der Waals surface area contributed by atoms with Crippen LogP contribution in [-0.2, 0) is 10.3 Å². The Hall–Kier alpha value is -0.860. The predicted molar refractivity (Wildman–Crippen MR) is 61.8 cm³/mol. The van der Waals surface area contributed by atoms with Crippen molar-refractivity contribution in [3.63, 3.8) is 0 Å². The van der Waals surface area contributed by atoms with E-state index in [0.717, 1.165) is 13.1 Å². The second-order valence-corrected chi connectivity index (χ2v) is 5.06. The summed E-state index contributed by atoms with van der Waals surface area (Å²) in [5, 5.41) is 3.44. The van der Waals surface area contributed by atoms with Crippen LogP contribution < -0.4 is 5.32 Å². The fraction of sp³-hybridized carbons (Fsp3) is 0.538. The molecular formula is C13H19NO. The number of benzene rings is 1. The van der Waals surface area contributed by atoms with Crippen molar-refractivity contribution in [1.29, 1.82) is 0 Å². The van der Waals surface area contributed by atoms with E-state index >= 15 is 0 Å². The molecule has 1 fully saturated rings. The highest BCUT2D eigenvalue weighted by Gasteiger charge is 2.38. The molecule has 0 radical (unpaired) electrons. The lowest BCUT2D eigenvalue weighted by Crippen LogP contribution is -2.55. The molecule has 1 heterocycles. The zero-order valence-electron chi connectivity index (χ0n) is 9.71. The van der Waals surface area contributed by atoms with Crippen LogP contribution in [0.1, 0.15) is 26.3 Å². The van der Waals surface area contributed by atoms with Gasteiger partial charge in [0.25, 0.3) is 0 Å². The highest BCUT2D eigenvalue weighted by atomic mass is 16.5. The van der Waals surface area contributed by atoms with E-state index in [0.29, 0.717) is 0 Å². The first kappa shape index (κ1) is 10.7. The fourth-order valence-electron chi connectivity index (χ4n) is 2.24. The first-order valence-electron chi connectivity index (χ1n) is 5.48. The minimum atomic E-state index is -0.205. The minimum absolute atomic E-state index is 0.0944. The molecule has 1 aromatic carbocycles. The molecule has 1 aliphatic rings. The number of hydrogen-bond acceptors (Lipinski definition) is 2. The van der Waals surface area contributed by atoms with Gasteiger partial charge >= 0.3 is 0 Å². The number of nitrogens with one attached hydrogen (secondary N) is 1. The summed E-state index contributed by atoms with van der Waals surface area (Å²) >= 11 is 0. The molecule has 0 saturated carbocycles. The molecule has 0 amide bonds. The maximum Gasteiger partial charge on any atom is 0.103 e. The molecule has 1 unspecified atom stereocenters. The zero-order chi connectivity index (χ0) is 10.9. The van der Waals surface area contributed by atoms with Gasteiger partial charge in [0, 0.05) is 13.1 Å². The third-order valence-electron chi connectivity index (χ3n) is 2.90. The number of morpholine rings is 1. The van der Waals surface area contributed by atoms with Crippen LogP contribution in [-0.4, -0.2) is 18.7 Å². The van der Waals surface area contributed by atoms with Crippen LogP contribution in [0.2, 0.25) is 0 Å². The van der Waals surface area contributed by atoms with Gasteiger partial charge < -0.3 is 10.1 Å². The maximum absolute atomic E-state index is 6.18. The summed E-state index contributed by atoms with van der Waals surface area (Å²) in [6.07, 6.45) is 0. The van der Waals surface area contributed by atoms with Crippen LogP contribution in [0.25, 0.3) is 0 Å². The molecule has 0 aliphatic carbocycles. The molecule has 1 saturated heterocycles. The Morgan fingerprint density at radius 1 is 1.07 bits per heavy atom. The summed E-state index contributed by atoms with van der Waals surface area (Å²) in [4.78, 5) is 0. The summed E-state index contributed by atoms with van der Waals surface area (Å²) < 4.78 is 6.18. The Morgan fingerprint density at radius 2 is 1.73 bits per heavy atom. The van der Waals surface area contributed by atoms with Gasteiger partial charge in [-0.3, -0.25) is 0 Å². The van der Waals surface area contributed by atoms with Crippen molar-refractivity contribution in [2.24, 2.45) is 0 Å². The Bertz CT molecular complexity index is 334. The summed E-state index contributed by atoms with van der Waals surface area (Å²) in [6.45, 7) is 8.19. The average Bonchev–Trinajstić information content (AvgIpc) is 2.17. The summed E-state index contributed by atoms with van der Waals surface area (Å²) in [5.41, 5.74) is 0.941. The Morgan fingerprint density at radius 3 is 2.33 bits per heavy atom. The van der Waals surface area contributed by atoms with Crippen LogP contribution in [0.3, 0.4) is 0 Å². The van der Waals surface area contributed by atoms with Gasteiger partial charge in [0.2, 0.25) is 0 Å². The highest BCUT2D eigenvalue weighted by molar-refractivity contribution is 5.23. The van der Waals surface area contributed by atoms with E-state index in [9.17, 15) is 0 Å². The van der Waals surface area contributed by atoms with Crippen LogP contribution in [0.4, 0.5) is 0 Å². The van der Waals surface area contributed by atoms with Crippen molar-refractivity contribution < 1.29 is 4.74 Å². The Kier molecular flexibility index (Phi) is 2.57. The van der Waals surface area contributed by atoms with Gasteiger partial charge in [0.05, 0.1) is 5.60 Å². The standard InChI is InChI=1S/C13H19NO/c1-12(2)9-14-10-13(3,15-12)11-7-5-4-6-8-11/h4-8,14H,9-10H2,1-3H3. The summed E-state index contributed by atoms with van der Waals surface area (Å²) in [6, 6.07) is 10.4. The molecule has 1 atom stereocenters. The predicted octanol–water partition coefficient (Wildman–Crippen LogP) is 2.30. The van der Waals surface area contributed by atoms with Crippen molar-refractivity contribution in [2.75, 3.05) is 13.1 Å². The van der Waals surface area contributed by atoms with Gasteiger partial charge in [-0.25, -0.2) is 0 Å². The molecule has 0 spiro atoms. The lowest BCUT2D eigenvalue weighted by Gasteiger charge is -2.44. The maximum atomic E-state index is 6.18. The SMILES string of the molecule is CC1(C)CNCC(C)(c2ccccc2)O1. The lowest BCUT2D eigenvalue weighted by atomic mass is 9.91.